The highest BCUT2D eigenvalue weighted by atomic mass is 16.2. The third kappa shape index (κ3) is 3.62. The normalized spacial score (nSPS) is 16.3. The Labute approximate surface area is 181 Å². The van der Waals surface area contributed by atoms with Gasteiger partial charge in [0.2, 0.25) is 0 Å². The van der Waals surface area contributed by atoms with Crippen LogP contribution < -0.4 is 0 Å². The van der Waals surface area contributed by atoms with Gasteiger partial charge in [0.05, 0.1) is 23.1 Å². The molecule has 0 saturated carbocycles. The Morgan fingerprint density at radius 2 is 1.61 bits per heavy atom. The van der Waals surface area contributed by atoms with Gasteiger partial charge in [0.15, 0.2) is 0 Å². The Kier molecular flexibility index (Phi) is 5.05. The van der Waals surface area contributed by atoms with Crippen LogP contribution in [0.15, 0.2) is 42.6 Å². The number of aromatic nitrogens is 4. The van der Waals surface area contributed by atoms with Crippen LogP contribution in [0.2, 0.25) is 0 Å². The Balaban J connectivity index is 1.26. The highest BCUT2D eigenvalue weighted by molar-refractivity contribution is 5.96. The van der Waals surface area contributed by atoms with Crippen molar-refractivity contribution in [3.05, 3.63) is 59.5 Å². The molecule has 3 aromatic rings. The maximum absolute atomic E-state index is 13.1. The SMILES string of the molecule is Cn1nc(-c2ccccc2)cc1C(=O)N1CCN(C(=O)c2cnn3c2CCCC3)CC1. The zero-order valence-electron chi connectivity index (χ0n) is 17.7. The summed E-state index contributed by atoms with van der Waals surface area (Å²) in [6.07, 6.45) is 4.83. The fraction of sp³-hybridized carbons (Fsp3) is 0.391. The zero-order chi connectivity index (χ0) is 21.4. The number of aryl methyl sites for hydroxylation is 2. The lowest BCUT2D eigenvalue weighted by Crippen LogP contribution is -2.51. The van der Waals surface area contributed by atoms with Crippen molar-refractivity contribution in [1.29, 1.82) is 0 Å². The molecule has 160 valence electrons. The second-order valence-corrected chi connectivity index (χ2v) is 8.17. The predicted molar refractivity (Wildman–Crippen MR) is 116 cm³/mol. The fourth-order valence-corrected chi connectivity index (χ4v) is 4.46. The van der Waals surface area contributed by atoms with Crippen LogP contribution in [0.5, 0.6) is 0 Å². The average Bonchev–Trinajstić information content (AvgIpc) is 3.42. The number of hydrogen-bond acceptors (Lipinski definition) is 4. The lowest BCUT2D eigenvalue weighted by atomic mass is 10.1. The number of piperazine rings is 1. The quantitative estimate of drug-likeness (QED) is 0.654. The topological polar surface area (TPSA) is 76.3 Å². The minimum atomic E-state index is -0.0489. The van der Waals surface area contributed by atoms with Crippen molar-refractivity contribution in [3.8, 4) is 11.3 Å². The number of hydrogen-bond donors (Lipinski definition) is 0. The van der Waals surface area contributed by atoms with Gasteiger partial charge in [0, 0.05) is 45.3 Å². The molecule has 1 aromatic carbocycles. The Hall–Kier alpha value is -3.42. The standard InChI is InChI=1S/C23H26N6O2/c1-26-21(15-19(25-26)17-7-3-2-4-8-17)23(31)28-13-11-27(12-14-28)22(30)18-16-24-29-10-6-5-9-20(18)29/h2-4,7-8,15-16H,5-6,9-14H2,1H3. The van der Waals surface area contributed by atoms with E-state index in [-0.39, 0.29) is 11.8 Å². The Morgan fingerprint density at radius 3 is 2.35 bits per heavy atom. The third-order valence-electron chi connectivity index (χ3n) is 6.24. The van der Waals surface area contributed by atoms with Crippen molar-refractivity contribution < 1.29 is 9.59 Å². The van der Waals surface area contributed by atoms with Crippen LogP contribution in [0.3, 0.4) is 0 Å². The number of benzene rings is 1. The van der Waals surface area contributed by atoms with Gasteiger partial charge in [-0.3, -0.25) is 19.0 Å². The van der Waals surface area contributed by atoms with E-state index in [0.29, 0.717) is 31.9 Å². The molecule has 2 aliphatic rings. The molecule has 31 heavy (non-hydrogen) atoms. The summed E-state index contributed by atoms with van der Waals surface area (Å²) in [6.45, 7) is 2.97. The van der Waals surface area contributed by atoms with Crippen molar-refractivity contribution in [2.45, 2.75) is 25.8 Å². The van der Waals surface area contributed by atoms with Gasteiger partial charge >= 0.3 is 0 Å². The minimum Gasteiger partial charge on any atom is -0.335 e. The van der Waals surface area contributed by atoms with Gasteiger partial charge in [0.25, 0.3) is 11.8 Å². The highest BCUT2D eigenvalue weighted by Crippen LogP contribution is 2.22. The summed E-state index contributed by atoms with van der Waals surface area (Å²) in [5, 5.41) is 8.90. The number of amides is 2. The second kappa shape index (κ2) is 8.02. The second-order valence-electron chi connectivity index (χ2n) is 8.17. The molecule has 0 unspecified atom stereocenters. The highest BCUT2D eigenvalue weighted by Gasteiger charge is 2.29. The first-order valence-electron chi connectivity index (χ1n) is 10.8. The summed E-state index contributed by atoms with van der Waals surface area (Å²) >= 11 is 0. The summed E-state index contributed by atoms with van der Waals surface area (Å²) in [5.74, 6) is -0.0191. The van der Waals surface area contributed by atoms with Crippen molar-refractivity contribution in [1.82, 2.24) is 29.4 Å². The van der Waals surface area contributed by atoms with E-state index in [2.05, 4.69) is 10.2 Å². The predicted octanol–water partition coefficient (Wildman–Crippen LogP) is 2.22. The van der Waals surface area contributed by atoms with Gasteiger partial charge < -0.3 is 9.80 Å². The molecule has 4 heterocycles. The zero-order valence-corrected chi connectivity index (χ0v) is 17.7. The largest absolute Gasteiger partial charge is 0.335 e. The lowest BCUT2D eigenvalue weighted by molar-refractivity contribution is 0.0528. The summed E-state index contributed by atoms with van der Waals surface area (Å²) in [6, 6.07) is 11.7. The monoisotopic (exact) mass is 418 g/mol. The van der Waals surface area contributed by atoms with Crippen LogP contribution in [0.1, 0.15) is 39.4 Å². The first kappa shape index (κ1) is 19.5. The van der Waals surface area contributed by atoms with Gasteiger partial charge in [-0.05, 0) is 25.3 Å². The third-order valence-corrected chi connectivity index (χ3v) is 6.24. The summed E-state index contributed by atoms with van der Waals surface area (Å²) in [5.41, 5.74) is 4.10. The molecule has 0 spiro atoms. The van der Waals surface area contributed by atoms with Gasteiger partial charge in [0.1, 0.15) is 5.69 Å². The molecule has 2 aromatic heterocycles. The molecule has 0 radical (unpaired) electrons. The molecule has 1 fully saturated rings. The van der Waals surface area contributed by atoms with E-state index in [1.807, 2.05) is 50.9 Å². The molecule has 0 bridgehead atoms. The van der Waals surface area contributed by atoms with Crippen molar-refractivity contribution >= 4 is 11.8 Å². The van der Waals surface area contributed by atoms with Crippen molar-refractivity contribution in [2.75, 3.05) is 26.2 Å². The molecule has 8 nitrogen and oxygen atoms in total. The first-order chi connectivity index (χ1) is 15.1. The molecular formula is C23H26N6O2. The molecule has 1 saturated heterocycles. The maximum atomic E-state index is 13.1. The van der Waals surface area contributed by atoms with Crippen LogP contribution in [0, 0.1) is 0 Å². The average molecular weight is 419 g/mol. The van der Waals surface area contributed by atoms with Crippen LogP contribution in [0.25, 0.3) is 11.3 Å². The van der Waals surface area contributed by atoms with Gasteiger partial charge in [-0.2, -0.15) is 10.2 Å². The smallest absolute Gasteiger partial charge is 0.272 e. The van der Waals surface area contributed by atoms with E-state index in [1.54, 1.807) is 17.9 Å². The van der Waals surface area contributed by atoms with Crippen LogP contribution in [-0.4, -0.2) is 67.4 Å². The van der Waals surface area contributed by atoms with Crippen LogP contribution in [-0.2, 0) is 20.0 Å². The number of rotatable bonds is 3. The van der Waals surface area contributed by atoms with Crippen LogP contribution in [0.4, 0.5) is 0 Å². The minimum absolute atomic E-state index is 0.0298. The van der Waals surface area contributed by atoms with E-state index in [9.17, 15) is 9.59 Å². The summed E-state index contributed by atoms with van der Waals surface area (Å²) in [7, 11) is 1.79. The molecule has 2 amide bonds. The van der Waals surface area contributed by atoms with Gasteiger partial charge in [-0.15, -0.1) is 0 Å². The molecular weight excluding hydrogens is 392 g/mol. The number of carbonyl (C=O) groups is 2. The number of carbonyl (C=O) groups excluding carboxylic acids is 2. The van der Waals surface area contributed by atoms with E-state index in [1.165, 1.54) is 0 Å². The Bertz CT molecular complexity index is 1110. The number of nitrogens with zero attached hydrogens (tertiary/aromatic N) is 6. The molecule has 8 heteroatoms. The summed E-state index contributed by atoms with van der Waals surface area (Å²) in [4.78, 5) is 29.8. The lowest BCUT2D eigenvalue weighted by Gasteiger charge is -2.34. The van der Waals surface area contributed by atoms with Gasteiger partial charge in [-0.25, -0.2) is 0 Å². The van der Waals surface area contributed by atoms with E-state index in [0.717, 1.165) is 48.3 Å². The number of fused-ring (bicyclic) bond motifs is 1. The Morgan fingerprint density at radius 1 is 0.903 bits per heavy atom. The molecule has 0 aliphatic carbocycles. The fourth-order valence-electron chi connectivity index (χ4n) is 4.46. The van der Waals surface area contributed by atoms with Crippen molar-refractivity contribution in [3.63, 3.8) is 0 Å². The molecule has 0 atom stereocenters. The maximum Gasteiger partial charge on any atom is 0.272 e. The molecule has 0 N–H and O–H groups in total. The van der Waals surface area contributed by atoms with E-state index < -0.39 is 0 Å². The summed E-state index contributed by atoms with van der Waals surface area (Å²) < 4.78 is 3.60. The van der Waals surface area contributed by atoms with Gasteiger partial charge in [-0.1, -0.05) is 30.3 Å². The van der Waals surface area contributed by atoms with E-state index in [4.69, 9.17) is 0 Å². The molecule has 2 aliphatic heterocycles. The first-order valence-corrected chi connectivity index (χ1v) is 10.8. The molecule has 5 rings (SSSR count). The van der Waals surface area contributed by atoms with Crippen LogP contribution >= 0.6 is 0 Å². The van der Waals surface area contributed by atoms with Crippen molar-refractivity contribution in [2.24, 2.45) is 7.05 Å². The van der Waals surface area contributed by atoms with E-state index >= 15 is 0 Å².